The molecule has 134 valence electrons. The fourth-order valence-corrected chi connectivity index (χ4v) is 2.63. The van der Waals surface area contributed by atoms with Gasteiger partial charge in [-0.15, -0.1) is 0 Å². The third kappa shape index (κ3) is 3.28. The van der Waals surface area contributed by atoms with Crippen molar-refractivity contribution in [3.8, 4) is 0 Å². The zero-order valence-electron chi connectivity index (χ0n) is 14.3. The number of benzene rings is 2. The Labute approximate surface area is 148 Å². The normalized spacial score (nSPS) is 11.5. The number of carbonyl (C=O) groups excluding carboxylic acids is 1. The smallest absolute Gasteiger partial charge is 0.317 e. The topological polar surface area (TPSA) is 85.2 Å². The third-order valence-electron chi connectivity index (χ3n) is 4.28. The Balaban J connectivity index is 1.86. The van der Waals surface area contributed by atoms with E-state index in [-0.39, 0.29) is 6.61 Å². The molecule has 0 saturated carbocycles. The maximum atomic E-state index is 13.8. The van der Waals surface area contributed by atoms with Crippen LogP contribution in [0.5, 0.6) is 0 Å². The van der Waals surface area contributed by atoms with Crippen molar-refractivity contribution in [2.24, 2.45) is 0 Å². The predicted octanol–water partition coefficient (Wildman–Crippen LogP) is 4.24. The van der Waals surface area contributed by atoms with E-state index in [1.807, 2.05) is 30.3 Å². The van der Waals surface area contributed by atoms with Crippen molar-refractivity contribution in [1.29, 1.82) is 0 Å². The van der Waals surface area contributed by atoms with Crippen molar-refractivity contribution < 1.29 is 18.8 Å². The number of H-pyrrole nitrogens is 1. The second kappa shape index (κ2) is 6.59. The lowest BCUT2D eigenvalue weighted by atomic mass is 9.89. The SMILES string of the molecule is CC(C)(C(=O)OCc1ccccc1)c1cc2cc([N+](=O)[O-])c(F)cc2[nH]1. The molecule has 0 aliphatic carbocycles. The van der Waals surface area contributed by atoms with E-state index in [9.17, 15) is 19.3 Å². The van der Waals surface area contributed by atoms with E-state index in [2.05, 4.69) is 4.98 Å². The van der Waals surface area contributed by atoms with Gasteiger partial charge in [0.2, 0.25) is 5.82 Å². The van der Waals surface area contributed by atoms with Crippen LogP contribution in [0.4, 0.5) is 10.1 Å². The summed E-state index contributed by atoms with van der Waals surface area (Å²) in [5.74, 6) is -1.39. The number of carbonyl (C=O) groups is 1. The van der Waals surface area contributed by atoms with E-state index in [1.54, 1.807) is 19.9 Å². The van der Waals surface area contributed by atoms with E-state index in [1.165, 1.54) is 0 Å². The molecule has 1 heterocycles. The van der Waals surface area contributed by atoms with Gasteiger partial charge < -0.3 is 9.72 Å². The van der Waals surface area contributed by atoms with Crippen molar-refractivity contribution >= 4 is 22.6 Å². The van der Waals surface area contributed by atoms with Crippen LogP contribution in [0.2, 0.25) is 0 Å². The zero-order chi connectivity index (χ0) is 18.9. The van der Waals surface area contributed by atoms with Gasteiger partial charge in [-0.05, 0) is 25.5 Å². The van der Waals surface area contributed by atoms with Crippen molar-refractivity contribution in [1.82, 2.24) is 4.98 Å². The van der Waals surface area contributed by atoms with E-state index < -0.39 is 27.8 Å². The molecule has 2 aromatic carbocycles. The van der Waals surface area contributed by atoms with Gasteiger partial charge in [-0.2, -0.15) is 4.39 Å². The monoisotopic (exact) mass is 356 g/mol. The number of nitrogens with one attached hydrogen (secondary N) is 1. The second-order valence-corrected chi connectivity index (χ2v) is 6.52. The summed E-state index contributed by atoms with van der Waals surface area (Å²) >= 11 is 0. The maximum absolute atomic E-state index is 13.8. The van der Waals surface area contributed by atoms with Crippen molar-refractivity contribution in [3.63, 3.8) is 0 Å². The molecule has 0 bridgehead atoms. The van der Waals surface area contributed by atoms with Crippen LogP contribution in [0.15, 0.2) is 48.5 Å². The van der Waals surface area contributed by atoms with Crippen molar-refractivity contribution in [2.75, 3.05) is 0 Å². The molecule has 0 spiro atoms. The zero-order valence-corrected chi connectivity index (χ0v) is 14.3. The first kappa shape index (κ1) is 17.6. The fourth-order valence-electron chi connectivity index (χ4n) is 2.63. The molecule has 7 heteroatoms. The summed E-state index contributed by atoms with van der Waals surface area (Å²) in [6.45, 7) is 3.50. The van der Waals surface area contributed by atoms with Gasteiger partial charge in [0.15, 0.2) is 0 Å². The first-order valence-electron chi connectivity index (χ1n) is 7.97. The minimum absolute atomic E-state index is 0.142. The van der Waals surface area contributed by atoms with E-state index in [0.717, 1.165) is 17.7 Å². The Kier molecular flexibility index (Phi) is 4.46. The molecule has 0 atom stereocenters. The summed E-state index contributed by atoms with van der Waals surface area (Å²) in [6, 6.07) is 13.1. The third-order valence-corrected chi connectivity index (χ3v) is 4.28. The number of hydrogen-bond acceptors (Lipinski definition) is 4. The summed E-state index contributed by atoms with van der Waals surface area (Å²) in [6.07, 6.45) is 0. The highest BCUT2D eigenvalue weighted by Gasteiger charge is 2.33. The minimum atomic E-state index is -1.03. The lowest BCUT2D eigenvalue weighted by Crippen LogP contribution is -2.31. The van der Waals surface area contributed by atoms with Gasteiger partial charge in [-0.25, -0.2) is 0 Å². The number of aromatic amines is 1. The van der Waals surface area contributed by atoms with Crippen LogP contribution in [-0.4, -0.2) is 15.9 Å². The number of aromatic nitrogens is 1. The largest absolute Gasteiger partial charge is 0.460 e. The van der Waals surface area contributed by atoms with Gasteiger partial charge in [0, 0.05) is 28.7 Å². The molecule has 0 saturated heterocycles. The molecular formula is C19H17FN2O4. The Morgan fingerprint density at radius 3 is 2.58 bits per heavy atom. The average Bonchev–Trinajstić information content (AvgIpc) is 3.03. The molecule has 0 aliphatic heterocycles. The molecule has 3 rings (SSSR count). The highest BCUT2D eigenvalue weighted by atomic mass is 19.1. The van der Waals surface area contributed by atoms with Crippen LogP contribution < -0.4 is 0 Å². The van der Waals surface area contributed by atoms with Crippen LogP contribution >= 0.6 is 0 Å². The summed E-state index contributed by atoms with van der Waals surface area (Å²) in [4.78, 5) is 25.6. The fraction of sp³-hybridized carbons (Fsp3) is 0.211. The van der Waals surface area contributed by atoms with Crippen LogP contribution in [0, 0.1) is 15.9 Å². The van der Waals surface area contributed by atoms with Gasteiger partial charge in [-0.1, -0.05) is 30.3 Å². The van der Waals surface area contributed by atoms with Crippen LogP contribution in [0.25, 0.3) is 10.9 Å². The quantitative estimate of drug-likeness (QED) is 0.421. The van der Waals surface area contributed by atoms with E-state index >= 15 is 0 Å². The number of fused-ring (bicyclic) bond motifs is 1. The van der Waals surface area contributed by atoms with Gasteiger partial charge in [0.05, 0.1) is 4.92 Å². The Bertz CT molecular complexity index is 980. The van der Waals surface area contributed by atoms with Gasteiger partial charge >= 0.3 is 11.7 Å². The highest BCUT2D eigenvalue weighted by molar-refractivity contribution is 5.88. The first-order valence-corrected chi connectivity index (χ1v) is 7.97. The average molecular weight is 356 g/mol. The molecule has 6 nitrogen and oxygen atoms in total. The number of nitro groups is 1. The lowest BCUT2D eigenvalue weighted by Gasteiger charge is -2.21. The minimum Gasteiger partial charge on any atom is -0.460 e. The number of ether oxygens (including phenoxy) is 1. The van der Waals surface area contributed by atoms with E-state index in [4.69, 9.17) is 4.74 Å². The molecule has 3 aromatic rings. The highest BCUT2D eigenvalue weighted by Crippen LogP contribution is 2.31. The molecule has 0 aliphatic rings. The Morgan fingerprint density at radius 1 is 1.23 bits per heavy atom. The number of halogens is 1. The standard InChI is InChI=1S/C19H17FN2O4/c1-19(2,18(23)26-11-12-6-4-3-5-7-12)17-9-13-8-16(22(24)25)14(20)10-15(13)21-17/h3-10,21H,11H2,1-2H3. The van der Waals surface area contributed by atoms with Crippen LogP contribution in [-0.2, 0) is 21.6 Å². The van der Waals surface area contributed by atoms with Crippen molar-refractivity contribution in [3.05, 3.63) is 75.7 Å². The molecule has 1 N–H and O–H groups in total. The molecule has 0 unspecified atom stereocenters. The summed E-state index contributed by atoms with van der Waals surface area (Å²) in [7, 11) is 0. The summed E-state index contributed by atoms with van der Waals surface area (Å²) in [5, 5.41) is 11.3. The number of nitro benzene ring substituents is 1. The second-order valence-electron chi connectivity index (χ2n) is 6.52. The molecule has 0 amide bonds. The maximum Gasteiger partial charge on any atom is 0.317 e. The molecule has 26 heavy (non-hydrogen) atoms. The van der Waals surface area contributed by atoms with Crippen molar-refractivity contribution in [2.45, 2.75) is 25.9 Å². The number of hydrogen-bond donors (Lipinski definition) is 1. The van der Waals surface area contributed by atoms with E-state index in [0.29, 0.717) is 16.6 Å². The van der Waals surface area contributed by atoms with Gasteiger partial charge in [0.25, 0.3) is 0 Å². The first-order chi connectivity index (χ1) is 12.3. The lowest BCUT2D eigenvalue weighted by molar-refractivity contribution is -0.387. The molecule has 0 fully saturated rings. The number of rotatable bonds is 5. The summed E-state index contributed by atoms with van der Waals surface area (Å²) in [5.41, 5.74) is 0.106. The number of esters is 1. The predicted molar refractivity (Wildman–Crippen MR) is 94.2 cm³/mol. The van der Waals surface area contributed by atoms with Crippen LogP contribution in [0.1, 0.15) is 25.1 Å². The van der Waals surface area contributed by atoms with Gasteiger partial charge in [-0.3, -0.25) is 14.9 Å². The molecule has 0 radical (unpaired) electrons. The number of nitrogens with zero attached hydrogens (tertiary/aromatic N) is 1. The van der Waals surface area contributed by atoms with Gasteiger partial charge in [0.1, 0.15) is 12.0 Å². The summed E-state index contributed by atoms with van der Waals surface area (Å²) < 4.78 is 19.2. The molecule has 1 aromatic heterocycles. The van der Waals surface area contributed by atoms with Crippen LogP contribution in [0.3, 0.4) is 0 Å². The Hall–Kier alpha value is -3.22. The molecular weight excluding hydrogens is 339 g/mol. The Morgan fingerprint density at radius 2 is 1.92 bits per heavy atom.